The van der Waals surface area contributed by atoms with Gasteiger partial charge < -0.3 is 14.6 Å². The molecule has 7 nitrogen and oxygen atoms in total. The first-order valence-electron chi connectivity index (χ1n) is 9.28. The van der Waals surface area contributed by atoms with E-state index >= 15 is 0 Å². The van der Waals surface area contributed by atoms with Crippen molar-refractivity contribution in [3.8, 4) is 0 Å². The van der Waals surface area contributed by atoms with Gasteiger partial charge in [0.15, 0.2) is 0 Å². The third-order valence-corrected chi connectivity index (χ3v) is 4.91. The number of nitrogens with one attached hydrogen (secondary N) is 2. The molecule has 2 heterocycles. The molecule has 3 rings (SSSR count). The second-order valence-corrected chi connectivity index (χ2v) is 6.90. The summed E-state index contributed by atoms with van der Waals surface area (Å²) in [6.45, 7) is 3.19. The largest absolute Gasteiger partial charge is 0.375 e. The van der Waals surface area contributed by atoms with Crippen LogP contribution in [0.4, 0.5) is 0 Å². The summed E-state index contributed by atoms with van der Waals surface area (Å²) in [5, 5.41) is 0. The van der Waals surface area contributed by atoms with Crippen molar-refractivity contribution in [1.29, 1.82) is 0 Å². The predicted octanol–water partition coefficient (Wildman–Crippen LogP) is 1.16. The number of aromatic amines is 2. The fourth-order valence-electron chi connectivity index (χ4n) is 3.40. The Kier molecular flexibility index (Phi) is 6.24. The molecule has 1 fully saturated rings. The topological polar surface area (TPSA) is 95.3 Å². The van der Waals surface area contributed by atoms with Gasteiger partial charge in [-0.15, -0.1) is 0 Å². The number of rotatable bonds is 6. The van der Waals surface area contributed by atoms with Crippen LogP contribution < -0.4 is 11.2 Å². The van der Waals surface area contributed by atoms with Crippen LogP contribution in [0.1, 0.15) is 29.7 Å². The minimum absolute atomic E-state index is 0.0152. The maximum Gasteiger partial charge on any atom is 0.325 e. The van der Waals surface area contributed by atoms with E-state index in [1.807, 2.05) is 18.2 Å². The zero-order valence-corrected chi connectivity index (χ0v) is 15.5. The van der Waals surface area contributed by atoms with Gasteiger partial charge in [-0.3, -0.25) is 14.6 Å². The van der Waals surface area contributed by atoms with Crippen molar-refractivity contribution in [2.45, 2.75) is 38.7 Å². The molecule has 1 aromatic carbocycles. The molecule has 0 spiro atoms. The molecule has 27 heavy (non-hydrogen) atoms. The van der Waals surface area contributed by atoms with Gasteiger partial charge in [0, 0.05) is 24.3 Å². The lowest BCUT2D eigenvalue weighted by Crippen LogP contribution is -2.46. The average Bonchev–Trinajstić information content (AvgIpc) is 2.65. The van der Waals surface area contributed by atoms with Crippen LogP contribution >= 0.6 is 0 Å². The number of aromatic nitrogens is 2. The monoisotopic (exact) mass is 371 g/mol. The third-order valence-electron chi connectivity index (χ3n) is 4.91. The Hall–Kier alpha value is -2.67. The fraction of sp³-hybridized carbons (Fsp3) is 0.450. The highest BCUT2D eigenvalue weighted by molar-refractivity contribution is 5.79. The van der Waals surface area contributed by atoms with E-state index in [0.29, 0.717) is 31.0 Å². The van der Waals surface area contributed by atoms with Crippen molar-refractivity contribution in [1.82, 2.24) is 14.9 Å². The number of aryl methyl sites for hydroxylation is 2. The van der Waals surface area contributed by atoms with Crippen molar-refractivity contribution in [2.24, 2.45) is 0 Å². The molecule has 0 saturated carbocycles. The minimum Gasteiger partial charge on any atom is -0.375 e. The maximum atomic E-state index is 12.6. The van der Waals surface area contributed by atoms with Crippen molar-refractivity contribution in [2.75, 3.05) is 19.7 Å². The molecule has 144 valence electrons. The van der Waals surface area contributed by atoms with Crippen LogP contribution in [-0.2, 0) is 22.4 Å². The second kappa shape index (κ2) is 8.81. The smallest absolute Gasteiger partial charge is 0.325 e. The SMILES string of the molecule is Cc1[nH]c(=O)[nH]c(=O)c1CC(=O)N1CCO[C@H](CCCc2ccccc2)C1. The van der Waals surface area contributed by atoms with E-state index in [1.54, 1.807) is 11.8 Å². The number of carbonyl (C=O) groups excluding carboxylic acids is 1. The Labute approximate surface area is 157 Å². The van der Waals surface area contributed by atoms with Gasteiger partial charge in [-0.05, 0) is 31.7 Å². The summed E-state index contributed by atoms with van der Waals surface area (Å²) >= 11 is 0. The molecule has 0 unspecified atom stereocenters. The minimum atomic E-state index is -0.557. The molecule has 0 aliphatic carbocycles. The summed E-state index contributed by atoms with van der Waals surface area (Å²) in [6.07, 6.45) is 2.86. The average molecular weight is 371 g/mol. The van der Waals surface area contributed by atoms with Gasteiger partial charge in [0.1, 0.15) is 0 Å². The molecule has 1 aromatic heterocycles. The Morgan fingerprint density at radius 3 is 2.74 bits per heavy atom. The number of morpholine rings is 1. The maximum absolute atomic E-state index is 12.6. The zero-order valence-electron chi connectivity index (χ0n) is 15.5. The molecule has 2 N–H and O–H groups in total. The summed E-state index contributed by atoms with van der Waals surface area (Å²) in [5.41, 5.74) is 0.987. The number of nitrogens with zero attached hydrogens (tertiary/aromatic N) is 1. The zero-order chi connectivity index (χ0) is 19.2. The first-order chi connectivity index (χ1) is 13.0. The Balaban J connectivity index is 1.53. The lowest BCUT2D eigenvalue weighted by molar-refractivity contribution is -0.138. The third kappa shape index (κ3) is 5.17. The lowest BCUT2D eigenvalue weighted by atomic mass is 10.0. The molecule has 1 aliphatic heterocycles. The summed E-state index contributed by atoms with van der Waals surface area (Å²) in [7, 11) is 0. The normalized spacial score (nSPS) is 17.1. The molecule has 0 radical (unpaired) electrons. The van der Waals surface area contributed by atoms with Crippen LogP contribution in [0.15, 0.2) is 39.9 Å². The Morgan fingerprint density at radius 2 is 2.00 bits per heavy atom. The standard InChI is InChI=1S/C20H25N3O4/c1-14-17(19(25)22-20(26)21-14)12-18(24)23-10-11-27-16(13-23)9-5-8-15-6-3-2-4-7-15/h2-4,6-7,16H,5,8-13H2,1H3,(H2,21,22,25,26)/t16-/m1/s1. The first-order valence-corrected chi connectivity index (χ1v) is 9.28. The fourth-order valence-corrected chi connectivity index (χ4v) is 3.40. The van der Waals surface area contributed by atoms with E-state index in [0.717, 1.165) is 19.3 Å². The number of benzene rings is 1. The van der Waals surface area contributed by atoms with Gasteiger partial charge in [-0.1, -0.05) is 30.3 Å². The quantitative estimate of drug-likeness (QED) is 0.797. The van der Waals surface area contributed by atoms with Gasteiger partial charge in [0.25, 0.3) is 5.56 Å². The van der Waals surface area contributed by atoms with E-state index in [2.05, 4.69) is 22.1 Å². The van der Waals surface area contributed by atoms with E-state index in [1.165, 1.54) is 5.56 Å². The number of amides is 1. The number of H-pyrrole nitrogens is 2. The van der Waals surface area contributed by atoms with Gasteiger partial charge in [0.2, 0.25) is 5.91 Å². The van der Waals surface area contributed by atoms with Gasteiger partial charge in [-0.25, -0.2) is 4.79 Å². The molecule has 0 bridgehead atoms. The Bertz CT molecular complexity index is 888. The first kappa shape index (κ1) is 19.1. The summed E-state index contributed by atoms with van der Waals surface area (Å²) in [5.74, 6) is -0.119. The highest BCUT2D eigenvalue weighted by Crippen LogP contribution is 2.14. The van der Waals surface area contributed by atoms with Gasteiger partial charge in [0.05, 0.1) is 19.1 Å². The van der Waals surface area contributed by atoms with Crippen LogP contribution in [0, 0.1) is 6.92 Å². The highest BCUT2D eigenvalue weighted by atomic mass is 16.5. The molecule has 7 heteroatoms. The van der Waals surface area contributed by atoms with Crippen LogP contribution in [0.25, 0.3) is 0 Å². The van der Waals surface area contributed by atoms with Crippen LogP contribution in [0.2, 0.25) is 0 Å². The predicted molar refractivity (Wildman–Crippen MR) is 102 cm³/mol. The van der Waals surface area contributed by atoms with E-state index in [4.69, 9.17) is 4.74 Å². The molecule has 1 atom stereocenters. The van der Waals surface area contributed by atoms with Crippen molar-refractivity contribution >= 4 is 5.91 Å². The van der Waals surface area contributed by atoms with Crippen molar-refractivity contribution < 1.29 is 9.53 Å². The van der Waals surface area contributed by atoms with Crippen molar-refractivity contribution in [3.05, 3.63) is 68.0 Å². The molecule has 1 aliphatic rings. The molecule has 1 saturated heterocycles. The number of ether oxygens (including phenoxy) is 1. The van der Waals surface area contributed by atoms with Crippen LogP contribution in [0.5, 0.6) is 0 Å². The Morgan fingerprint density at radius 1 is 1.22 bits per heavy atom. The summed E-state index contributed by atoms with van der Waals surface area (Å²) in [6, 6.07) is 10.3. The van der Waals surface area contributed by atoms with Crippen LogP contribution in [-0.4, -0.2) is 46.6 Å². The lowest BCUT2D eigenvalue weighted by Gasteiger charge is -2.33. The number of hydrogen-bond acceptors (Lipinski definition) is 4. The molecular weight excluding hydrogens is 346 g/mol. The second-order valence-electron chi connectivity index (χ2n) is 6.90. The molecule has 2 aromatic rings. The van der Waals surface area contributed by atoms with E-state index < -0.39 is 11.2 Å². The number of carbonyl (C=O) groups is 1. The number of hydrogen-bond donors (Lipinski definition) is 2. The summed E-state index contributed by atoms with van der Waals surface area (Å²) in [4.78, 5) is 42.3. The van der Waals surface area contributed by atoms with E-state index in [9.17, 15) is 14.4 Å². The van der Waals surface area contributed by atoms with Gasteiger partial charge >= 0.3 is 5.69 Å². The van der Waals surface area contributed by atoms with Gasteiger partial charge in [-0.2, -0.15) is 0 Å². The van der Waals surface area contributed by atoms with Crippen LogP contribution in [0.3, 0.4) is 0 Å². The molecular formula is C20H25N3O4. The summed E-state index contributed by atoms with van der Waals surface area (Å²) < 4.78 is 5.80. The molecule has 1 amide bonds. The van der Waals surface area contributed by atoms with Crippen molar-refractivity contribution in [3.63, 3.8) is 0 Å². The highest BCUT2D eigenvalue weighted by Gasteiger charge is 2.25. The van der Waals surface area contributed by atoms with E-state index in [-0.39, 0.29) is 18.4 Å².